The van der Waals surface area contributed by atoms with E-state index < -0.39 is 35.2 Å². The highest BCUT2D eigenvalue weighted by atomic mass is 35.5. The Labute approximate surface area is 758 Å². The number of aryl methyl sites for hydroxylation is 3. The molecule has 125 heavy (non-hydrogen) atoms. The number of carbonyl (C=O) groups excluding carboxylic acids is 3. The van der Waals surface area contributed by atoms with E-state index in [1.54, 1.807) is 25.3 Å². The lowest BCUT2D eigenvalue weighted by atomic mass is 9.68. The molecule has 6 aliphatic heterocycles. The van der Waals surface area contributed by atoms with Gasteiger partial charge in [0.25, 0.3) is 17.7 Å². The van der Waals surface area contributed by atoms with E-state index >= 15 is 0 Å². The molecule has 6 aliphatic carbocycles. The van der Waals surface area contributed by atoms with Crippen LogP contribution in [-0.4, -0.2) is 160 Å². The number of allylic oxidation sites excluding steroid dienone is 2. The Kier molecular flexibility index (Phi) is 28.1. The fraction of sp³-hybridized carbons (Fsp3) is 0.545. The fourth-order valence-corrected chi connectivity index (χ4v) is 28.7. The second-order valence-electron chi connectivity index (χ2n) is 38.2. The Balaban J connectivity index is 0.000000138. The number of carbonyl (C=O) groups is 3. The number of fused-ring (bicyclic) bond motifs is 12. The second-order valence-corrected chi connectivity index (χ2v) is 46.5. The van der Waals surface area contributed by atoms with Gasteiger partial charge in [-0.3, -0.25) is 28.5 Å². The number of anilines is 3. The molecule has 12 aliphatic rings. The van der Waals surface area contributed by atoms with Gasteiger partial charge >= 0.3 is 0 Å². The van der Waals surface area contributed by atoms with E-state index in [-0.39, 0.29) is 67.8 Å². The van der Waals surface area contributed by atoms with Gasteiger partial charge in [0.05, 0.1) is 84.3 Å². The molecule has 3 amide bonds. The van der Waals surface area contributed by atoms with Crippen molar-refractivity contribution in [1.82, 2.24) is 14.2 Å². The zero-order valence-corrected chi connectivity index (χ0v) is 78.4. The maximum Gasteiger partial charge on any atom is 0.262 e. The quantitative estimate of drug-likeness (QED) is 0.0933. The zero-order chi connectivity index (χ0) is 87.7. The maximum absolute atomic E-state index is 13.7. The predicted molar refractivity (Wildman–Crippen MR) is 513 cm³/mol. The molecule has 0 radical (unpaired) electrons. The molecule has 18 nitrogen and oxygen atoms in total. The van der Waals surface area contributed by atoms with Crippen LogP contribution < -0.4 is 43.1 Å². The van der Waals surface area contributed by atoms with Gasteiger partial charge < -0.3 is 43.5 Å². The van der Waals surface area contributed by atoms with Crippen LogP contribution in [0.25, 0.3) is 0 Å². The number of nitrogens with zero attached hydrogens (tertiary/aromatic N) is 3. The number of nitrogens with one attached hydrogen (secondary N) is 3. The van der Waals surface area contributed by atoms with Gasteiger partial charge in [0, 0.05) is 117 Å². The number of ether oxygens (including phenoxy) is 5. The highest BCUT2D eigenvalue weighted by Gasteiger charge is 2.50. The molecule has 6 bridgehead atoms. The van der Waals surface area contributed by atoms with E-state index in [0.29, 0.717) is 105 Å². The molecule has 18 rings (SSSR count). The van der Waals surface area contributed by atoms with Crippen molar-refractivity contribution >= 4 is 116 Å². The monoisotopic (exact) mass is 1820 g/mol. The maximum atomic E-state index is 13.7. The largest absolute Gasteiger partial charge is 0.490 e. The summed E-state index contributed by atoms with van der Waals surface area (Å²) in [7, 11) is -4.88. The smallest absolute Gasteiger partial charge is 0.262 e. The lowest BCUT2D eigenvalue weighted by Gasteiger charge is -2.46. The average molecular weight is 1820 g/mol. The van der Waals surface area contributed by atoms with Crippen LogP contribution in [0.15, 0.2) is 133 Å². The topological polar surface area (TPSA) is 215 Å². The third-order valence-corrected chi connectivity index (χ3v) is 37.9. The highest BCUT2D eigenvalue weighted by Crippen LogP contribution is 2.53. The summed E-state index contributed by atoms with van der Waals surface area (Å²) in [6, 6.07) is 35.7. The van der Waals surface area contributed by atoms with Gasteiger partial charge in [-0.1, -0.05) is 111 Å². The van der Waals surface area contributed by atoms with Crippen LogP contribution in [0.4, 0.5) is 17.1 Å². The number of aliphatic hydroxyl groups is 1. The first-order valence-electron chi connectivity index (χ1n) is 46.2. The van der Waals surface area contributed by atoms with Crippen LogP contribution >= 0.6 is 34.8 Å². The first-order valence-corrected chi connectivity index (χ1v) is 52.7. The molecule has 0 saturated heterocycles. The summed E-state index contributed by atoms with van der Waals surface area (Å²) in [5, 5.41) is 12.8. The third kappa shape index (κ3) is 19.4. The van der Waals surface area contributed by atoms with Crippen molar-refractivity contribution in [2.24, 2.45) is 35.5 Å². The first-order chi connectivity index (χ1) is 60.1. The number of aliphatic hydroxyl groups excluding tert-OH is 1. The van der Waals surface area contributed by atoms with Gasteiger partial charge in [-0.25, -0.2) is 12.6 Å². The minimum atomic E-state index is -2.87. The highest BCUT2D eigenvalue weighted by molar-refractivity contribution is 8.00. The van der Waals surface area contributed by atoms with Crippen molar-refractivity contribution < 1.29 is 55.8 Å². The van der Waals surface area contributed by atoms with Crippen molar-refractivity contribution in [3.05, 3.63) is 199 Å². The molecule has 0 aromatic heterocycles. The molecular weight excluding hydrogens is 1690 g/mol. The van der Waals surface area contributed by atoms with Gasteiger partial charge in [0.15, 0.2) is 0 Å². The summed E-state index contributed by atoms with van der Waals surface area (Å²) in [5.74, 6) is 15.7. The molecule has 3 unspecified atom stereocenters. The molecule has 6 aromatic rings. The number of hydrogen-bond acceptors (Lipinski definition) is 15. The number of rotatable bonds is 5. The van der Waals surface area contributed by atoms with E-state index in [1.807, 2.05) is 94.6 Å². The summed E-state index contributed by atoms with van der Waals surface area (Å²) >= 11 is 19.2. The van der Waals surface area contributed by atoms with E-state index in [4.69, 9.17) is 58.5 Å². The van der Waals surface area contributed by atoms with Crippen LogP contribution in [0.2, 0.25) is 15.1 Å². The Hall–Kier alpha value is -7.18. The molecule has 6 heterocycles. The second kappa shape index (κ2) is 38.5. The Morgan fingerprint density at radius 1 is 0.440 bits per heavy atom. The Morgan fingerprint density at radius 3 is 1.16 bits per heavy atom. The van der Waals surface area contributed by atoms with Gasteiger partial charge in [-0.05, 0) is 332 Å². The van der Waals surface area contributed by atoms with Crippen LogP contribution in [0.3, 0.4) is 0 Å². The Morgan fingerprint density at radius 2 is 0.800 bits per heavy atom. The van der Waals surface area contributed by atoms with E-state index in [0.717, 1.165) is 204 Å². The SMILES string of the molecule is C=S1(=O)NC(=O)c2ccc3c(c2)N(C[C@@H]2CC[C@H]2[C@@H](O)/C=C/CC[C@@H]1CC)C[C@@]1(CCCc2cc(Cl)ccc21)CO3.C=S1(=O)NC(=O)c2ccc3c(c2)N(C[C@@H]2CC[C@H]2[C@@H](OC)/C=C/CC[C@H]1CC)C[C@@]1(CCCc2cc(Cl)ccc21)CO3.C=S1(=O)NC(=O)c2ccc3c(c2)N(C[C@@H]2CC[C@H]2[C@@H](OC)CCCC[C@H]1CC)C[C@@]1(CCCc2cc(Cl)ccc21)CO3. The molecule has 3 fully saturated rings. The van der Waals surface area contributed by atoms with Crippen molar-refractivity contribution in [2.45, 2.75) is 238 Å². The zero-order valence-electron chi connectivity index (χ0n) is 73.6. The average Bonchev–Trinajstić information content (AvgIpc) is 1.71. The molecule has 24 heteroatoms. The summed E-state index contributed by atoms with van der Waals surface area (Å²) in [6.45, 7) is 12.6. The van der Waals surface area contributed by atoms with Crippen molar-refractivity contribution in [2.75, 3.05) is 88.0 Å². The molecule has 4 N–H and O–H groups in total. The summed E-state index contributed by atoms with van der Waals surface area (Å²) in [6.07, 6.45) is 32.6. The fourth-order valence-electron chi connectivity index (χ4n) is 23.1. The van der Waals surface area contributed by atoms with Crippen LogP contribution in [-0.2, 0) is 74.1 Å². The van der Waals surface area contributed by atoms with Gasteiger partial charge in [0.1, 0.15) is 17.2 Å². The number of amides is 3. The third-order valence-electron chi connectivity index (χ3n) is 30.6. The van der Waals surface area contributed by atoms with E-state index in [2.05, 4.69) is 95.0 Å². The number of methoxy groups -OCH3 is 2. The van der Waals surface area contributed by atoms with Gasteiger partial charge in [-0.2, -0.15) is 0 Å². The molecule has 18 atom stereocenters. The molecule has 674 valence electrons. The molecule has 3 spiro atoms. The molecular formula is C101H129Cl3N6O12S3. The minimum Gasteiger partial charge on any atom is -0.490 e. The minimum absolute atomic E-state index is 0.0427. The van der Waals surface area contributed by atoms with Crippen LogP contribution in [0.5, 0.6) is 17.2 Å². The molecule has 6 aromatic carbocycles. The van der Waals surface area contributed by atoms with Crippen molar-refractivity contribution in [1.29, 1.82) is 0 Å². The normalized spacial score (nSPS) is 33.8. The predicted octanol–water partition coefficient (Wildman–Crippen LogP) is 18.6. The van der Waals surface area contributed by atoms with Crippen molar-refractivity contribution in [3.8, 4) is 17.2 Å². The van der Waals surface area contributed by atoms with E-state index in [1.165, 1.54) is 46.2 Å². The first kappa shape index (κ1) is 91.1. The summed E-state index contributed by atoms with van der Waals surface area (Å²) < 4.78 is 81.3. The van der Waals surface area contributed by atoms with Crippen LogP contribution in [0.1, 0.15) is 233 Å². The number of halogens is 3. The van der Waals surface area contributed by atoms with Gasteiger partial charge in [0.2, 0.25) is 0 Å². The lowest BCUT2D eigenvalue weighted by molar-refractivity contribution is -0.0220. The summed E-state index contributed by atoms with van der Waals surface area (Å²) in [4.78, 5) is 47.9. The number of benzene rings is 6. The summed E-state index contributed by atoms with van der Waals surface area (Å²) in [5.41, 5.74) is 11.4. The van der Waals surface area contributed by atoms with Gasteiger partial charge in [-0.15, -0.1) is 0 Å². The lowest BCUT2D eigenvalue weighted by Crippen LogP contribution is -2.49. The Bertz CT molecular complexity index is 5400. The van der Waals surface area contributed by atoms with Crippen LogP contribution in [0, 0.1) is 35.5 Å². The number of hydrogen-bond donors (Lipinski definition) is 4. The standard InChI is InChI=1S/C34H45ClN2O4S.C34H43ClN2O4S.C33H41ClN2O4S/c2*1-4-27-9-5-6-10-31(40-2)28-14-11-25(28)20-37-21-34(17-7-8-23-18-26(35)13-15-29(23)34)22-41-32-16-12-24(19-30(32)37)33(38)36-42(27,3)39;1-3-26-8-4-5-9-30(37)27-13-10-24(27)19-36-20-33(16-6-7-22-17-25(34)12-14-28(22)33)21-40-31-15-11-23(18-29(31)36)32(38)35-41(26,2)39/h12-13,15-16,18-19,25,27-28,31H,3-11,14,17,20-22H2,1-2H3,(H,36,38,39);6,10,12-13,15-16,18-19,25,27-28,31H,3-5,7-9,11,14,17,20-22H2,1-2H3,(H,36,38,39);5,9,11-12,14-15,17-18,24,26-27,30,37H,2-4,6-8,10,13,16,19-21H2,1H3,(H,35,38,39)/b;10-6+;9-5+/t2*25-,27+,28+,31-,34-,42?;24-,26-,27+,30-,33-,41?/m000/s1. The van der Waals surface area contributed by atoms with Crippen molar-refractivity contribution in [3.63, 3.8) is 0 Å². The van der Waals surface area contributed by atoms with E-state index in [9.17, 15) is 32.1 Å². The molecule has 3 saturated carbocycles.